The number of esters is 2. The Morgan fingerprint density at radius 2 is 2.04 bits per heavy atom. The normalized spacial score (nSPS) is 23.4. The van der Waals surface area contributed by atoms with Crippen molar-refractivity contribution in [2.75, 3.05) is 6.61 Å². The molecule has 1 saturated carbocycles. The quantitative estimate of drug-likeness (QED) is 0.708. The standard InChI is InChI=1S/C19H24ClFO4/c1-11(2)14-6-4-12(3)8-17(14)25-18(22)10-24-19(23)15-7-5-13(21)9-16(15)20/h5,7,9,11-12,14,17H,4,6,8,10H2,1-3H3. The largest absolute Gasteiger partial charge is 0.460 e. The molecule has 1 aliphatic carbocycles. The van der Waals surface area contributed by atoms with Gasteiger partial charge < -0.3 is 9.47 Å². The summed E-state index contributed by atoms with van der Waals surface area (Å²) in [4.78, 5) is 24.0. The Hall–Kier alpha value is -1.62. The van der Waals surface area contributed by atoms with Crippen LogP contribution in [0.25, 0.3) is 0 Å². The molecule has 0 bridgehead atoms. The van der Waals surface area contributed by atoms with Crippen LogP contribution < -0.4 is 0 Å². The molecule has 25 heavy (non-hydrogen) atoms. The number of halogens is 2. The van der Waals surface area contributed by atoms with Crippen LogP contribution in [0.3, 0.4) is 0 Å². The van der Waals surface area contributed by atoms with Crippen LogP contribution in [0.15, 0.2) is 18.2 Å². The van der Waals surface area contributed by atoms with Crippen molar-refractivity contribution in [2.45, 2.75) is 46.1 Å². The van der Waals surface area contributed by atoms with Crippen LogP contribution in [0.1, 0.15) is 50.4 Å². The molecule has 1 fully saturated rings. The van der Waals surface area contributed by atoms with Crippen molar-refractivity contribution >= 4 is 23.5 Å². The van der Waals surface area contributed by atoms with E-state index in [-0.39, 0.29) is 16.7 Å². The van der Waals surface area contributed by atoms with Crippen molar-refractivity contribution in [2.24, 2.45) is 17.8 Å². The topological polar surface area (TPSA) is 52.6 Å². The lowest BCUT2D eigenvalue weighted by Crippen LogP contribution is -2.36. The molecule has 4 nitrogen and oxygen atoms in total. The summed E-state index contributed by atoms with van der Waals surface area (Å²) >= 11 is 5.81. The molecule has 6 heteroatoms. The SMILES string of the molecule is CC1CCC(C(C)C)C(OC(=O)COC(=O)c2ccc(F)cc2Cl)C1. The van der Waals surface area contributed by atoms with Crippen LogP contribution in [-0.2, 0) is 14.3 Å². The molecular formula is C19H24ClFO4. The highest BCUT2D eigenvalue weighted by Gasteiger charge is 2.33. The average Bonchev–Trinajstić information content (AvgIpc) is 2.52. The predicted octanol–water partition coefficient (Wildman–Crippen LogP) is 4.64. The highest BCUT2D eigenvalue weighted by atomic mass is 35.5. The summed E-state index contributed by atoms with van der Waals surface area (Å²) in [5.74, 6) is -0.649. The van der Waals surface area contributed by atoms with E-state index in [2.05, 4.69) is 20.8 Å². The van der Waals surface area contributed by atoms with E-state index in [1.165, 1.54) is 6.07 Å². The fourth-order valence-corrected chi connectivity index (χ4v) is 3.55. The zero-order valence-corrected chi connectivity index (χ0v) is 15.5. The van der Waals surface area contributed by atoms with E-state index in [0.717, 1.165) is 31.4 Å². The van der Waals surface area contributed by atoms with Gasteiger partial charge in [-0.25, -0.2) is 14.0 Å². The first kappa shape index (κ1) is 19.7. The number of hydrogen-bond acceptors (Lipinski definition) is 4. The molecule has 1 aromatic carbocycles. The zero-order valence-electron chi connectivity index (χ0n) is 14.8. The molecule has 0 aliphatic heterocycles. The molecule has 138 valence electrons. The lowest BCUT2D eigenvalue weighted by molar-refractivity contribution is -0.159. The monoisotopic (exact) mass is 370 g/mol. The molecule has 3 unspecified atom stereocenters. The maximum atomic E-state index is 13.0. The van der Waals surface area contributed by atoms with E-state index < -0.39 is 24.4 Å². The third kappa shape index (κ3) is 5.43. The van der Waals surface area contributed by atoms with E-state index in [9.17, 15) is 14.0 Å². The van der Waals surface area contributed by atoms with Crippen LogP contribution in [-0.4, -0.2) is 24.6 Å². The maximum absolute atomic E-state index is 13.0. The van der Waals surface area contributed by atoms with Gasteiger partial charge in [-0.05, 0) is 48.8 Å². The van der Waals surface area contributed by atoms with Crippen molar-refractivity contribution in [3.63, 3.8) is 0 Å². The van der Waals surface area contributed by atoms with Gasteiger partial charge in [-0.2, -0.15) is 0 Å². The van der Waals surface area contributed by atoms with E-state index in [0.29, 0.717) is 17.8 Å². The van der Waals surface area contributed by atoms with Crippen LogP contribution in [0, 0.1) is 23.6 Å². The number of ether oxygens (including phenoxy) is 2. The van der Waals surface area contributed by atoms with Gasteiger partial charge in [-0.3, -0.25) is 0 Å². The molecule has 2 rings (SSSR count). The van der Waals surface area contributed by atoms with Crippen molar-refractivity contribution < 1.29 is 23.5 Å². The van der Waals surface area contributed by atoms with Gasteiger partial charge in [0.15, 0.2) is 6.61 Å². The summed E-state index contributed by atoms with van der Waals surface area (Å²) in [6.07, 6.45) is 2.84. The van der Waals surface area contributed by atoms with Crippen molar-refractivity contribution in [1.82, 2.24) is 0 Å². The average molecular weight is 371 g/mol. The molecular weight excluding hydrogens is 347 g/mol. The molecule has 0 spiro atoms. The van der Waals surface area contributed by atoms with Gasteiger partial charge in [0, 0.05) is 0 Å². The summed E-state index contributed by atoms with van der Waals surface area (Å²) < 4.78 is 23.5. The smallest absolute Gasteiger partial charge is 0.344 e. The lowest BCUT2D eigenvalue weighted by Gasteiger charge is -2.36. The summed E-state index contributed by atoms with van der Waals surface area (Å²) in [5, 5.41) is -0.0562. The Morgan fingerprint density at radius 3 is 2.68 bits per heavy atom. The number of hydrogen-bond donors (Lipinski definition) is 0. The maximum Gasteiger partial charge on any atom is 0.344 e. The van der Waals surface area contributed by atoms with Crippen LogP contribution in [0.2, 0.25) is 5.02 Å². The Bertz CT molecular complexity index is 632. The Kier molecular flexibility index (Phi) is 6.82. The second kappa shape index (κ2) is 8.65. The van der Waals surface area contributed by atoms with Crippen LogP contribution in [0.4, 0.5) is 4.39 Å². The Balaban J connectivity index is 1.90. The summed E-state index contributed by atoms with van der Waals surface area (Å²) in [6, 6.07) is 3.35. The van der Waals surface area contributed by atoms with Gasteiger partial charge in [0.05, 0.1) is 10.6 Å². The van der Waals surface area contributed by atoms with Gasteiger partial charge in [0.25, 0.3) is 0 Å². The molecule has 0 saturated heterocycles. The molecule has 0 N–H and O–H groups in total. The minimum absolute atomic E-state index is 0.0159. The number of carbonyl (C=O) groups excluding carboxylic acids is 2. The van der Waals surface area contributed by atoms with E-state index in [1.807, 2.05) is 0 Å². The minimum Gasteiger partial charge on any atom is -0.460 e. The van der Waals surface area contributed by atoms with Crippen molar-refractivity contribution in [1.29, 1.82) is 0 Å². The number of carbonyl (C=O) groups is 2. The fourth-order valence-electron chi connectivity index (χ4n) is 3.31. The molecule has 1 aliphatic rings. The van der Waals surface area contributed by atoms with Crippen molar-refractivity contribution in [3.05, 3.63) is 34.6 Å². The third-order valence-electron chi connectivity index (χ3n) is 4.72. The number of benzene rings is 1. The molecule has 3 atom stereocenters. The molecule has 1 aromatic rings. The van der Waals surface area contributed by atoms with Crippen LogP contribution in [0.5, 0.6) is 0 Å². The highest BCUT2D eigenvalue weighted by Crippen LogP contribution is 2.35. The Labute approximate surface area is 152 Å². The molecule has 0 aromatic heterocycles. The lowest BCUT2D eigenvalue weighted by atomic mass is 9.75. The van der Waals surface area contributed by atoms with Gasteiger partial charge >= 0.3 is 11.9 Å². The first-order chi connectivity index (χ1) is 11.8. The van der Waals surface area contributed by atoms with Gasteiger partial charge in [0.2, 0.25) is 0 Å². The van der Waals surface area contributed by atoms with Crippen molar-refractivity contribution in [3.8, 4) is 0 Å². The van der Waals surface area contributed by atoms with Crippen LogP contribution >= 0.6 is 11.6 Å². The summed E-state index contributed by atoms with van der Waals surface area (Å²) in [5.41, 5.74) is 0.0159. The number of rotatable bonds is 5. The van der Waals surface area contributed by atoms with Gasteiger partial charge in [-0.15, -0.1) is 0 Å². The first-order valence-electron chi connectivity index (χ1n) is 8.59. The molecule has 0 radical (unpaired) electrons. The van der Waals surface area contributed by atoms with Gasteiger partial charge in [-0.1, -0.05) is 38.8 Å². The molecule has 0 amide bonds. The summed E-state index contributed by atoms with van der Waals surface area (Å²) in [6.45, 7) is 5.91. The second-order valence-corrected chi connectivity index (χ2v) is 7.46. The van der Waals surface area contributed by atoms with E-state index in [4.69, 9.17) is 21.1 Å². The van der Waals surface area contributed by atoms with E-state index >= 15 is 0 Å². The third-order valence-corrected chi connectivity index (χ3v) is 5.03. The second-order valence-electron chi connectivity index (χ2n) is 7.05. The minimum atomic E-state index is -0.778. The Morgan fingerprint density at radius 1 is 1.32 bits per heavy atom. The predicted molar refractivity (Wildman–Crippen MR) is 92.9 cm³/mol. The van der Waals surface area contributed by atoms with E-state index in [1.54, 1.807) is 0 Å². The summed E-state index contributed by atoms with van der Waals surface area (Å²) in [7, 11) is 0. The first-order valence-corrected chi connectivity index (χ1v) is 8.97. The molecule has 0 heterocycles. The zero-order chi connectivity index (χ0) is 18.6. The fraction of sp³-hybridized carbons (Fsp3) is 0.579. The van der Waals surface area contributed by atoms with Gasteiger partial charge in [0.1, 0.15) is 11.9 Å². The highest BCUT2D eigenvalue weighted by molar-refractivity contribution is 6.33.